The quantitative estimate of drug-likeness (QED) is 0.728. The van der Waals surface area contributed by atoms with Crippen molar-refractivity contribution in [3.63, 3.8) is 0 Å². The van der Waals surface area contributed by atoms with Crippen molar-refractivity contribution >= 4 is 0 Å². The van der Waals surface area contributed by atoms with E-state index in [0.717, 1.165) is 12.8 Å². The van der Waals surface area contributed by atoms with E-state index < -0.39 is 12.3 Å². The van der Waals surface area contributed by atoms with Gasteiger partial charge in [-0.25, -0.2) is 9.18 Å². The van der Waals surface area contributed by atoms with Gasteiger partial charge in [-0.15, -0.1) is 10.2 Å². The number of aromatic nitrogens is 4. The maximum Gasteiger partial charge on any atom is 0.347 e. The smallest absolute Gasteiger partial charge is 0.347 e. The molecule has 1 aliphatic rings. The summed E-state index contributed by atoms with van der Waals surface area (Å²) in [6.07, 6.45) is 3.16. The Bertz CT molecular complexity index is 1070. The monoisotopic (exact) mass is 396 g/mol. The summed E-state index contributed by atoms with van der Waals surface area (Å²) in [7, 11) is 1.62. The van der Waals surface area contributed by atoms with Gasteiger partial charge < -0.3 is 14.4 Å². The molecular formula is C21H21FN4O3. The highest BCUT2D eigenvalue weighted by Gasteiger charge is 2.26. The van der Waals surface area contributed by atoms with E-state index >= 15 is 0 Å². The molecule has 2 heterocycles. The molecule has 8 heteroatoms. The lowest BCUT2D eigenvalue weighted by Crippen LogP contribution is -2.32. The molecular weight excluding hydrogens is 375 g/mol. The second kappa shape index (κ2) is 7.98. The van der Waals surface area contributed by atoms with Gasteiger partial charge in [0.2, 0.25) is 5.88 Å². The zero-order valence-corrected chi connectivity index (χ0v) is 16.0. The zero-order valence-electron chi connectivity index (χ0n) is 16.0. The summed E-state index contributed by atoms with van der Waals surface area (Å²) in [6, 6.07) is 9.96. The third kappa shape index (κ3) is 4.11. The Balaban J connectivity index is 1.53. The summed E-state index contributed by atoms with van der Waals surface area (Å²) in [4.78, 5) is 15.7. The van der Waals surface area contributed by atoms with Crippen molar-refractivity contribution in [2.45, 2.75) is 38.0 Å². The normalized spacial score (nSPS) is 19.1. The lowest BCUT2D eigenvalue weighted by atomic mass is 9.96. The first-order chi connectivity index (χ1) is 14.0. The fourth-order valence-electron chi connectivity index (χ4n) is 3.40. The van der Waals surface area contributed by atoms with Crippen LogP contribution in [0.15, 0.2) is 47.4 Å². The van der Waals surface area contributed by atoms with Crippen LogP contribution in [0.2, 0.25) is 0 Å². The Hall–Kier alpha value is -3.29. The predicted molar refractivity (Wildman–Crippen MR) is 105 cm³/mol. The second-order valence-electron chi connectivity index (χ2n) is 7.15. The lowest BCUT2D eigenvalue weighted by Gasteiger charge is -2.25. The van der Waals surface area contributed by atoms with Crippen molar-refractivity contribution < 1.29 is 14.2 Å². The minimum absolute atomic E-state index is 0.0101. The molecule has 2 aromatic heterocycles. The van der Waals surface area contributed by atoms with Crippen LogP contribution in [0.1, 0.15) is 25.7 Å². The van der Waals surface area contributed by atoms with Crippen LogP contribution in [0.4, 0.5) is 4.39 Å². The fraction of sp³-hybridized carbons (Fsp3) is 0.333. The van der Waals surface area contributed by atoms with E-state index in [9.17, 15) is 14.3 Å². The Morgan fingerprint density at radius 2 is 1.93 bits per heavy atom. The van der Waals surface area contributed by atoms with Crippen molar-refractivity contribution in [3.05, 3.63) is 53.1 Å². The molecule has 1 aromatic carbocycles. The molecule has 0 unspecified atom stereocenters. The highest BCUT2D eigenvalue weighted by Crippen LogP contribution is 2.32. The van der Waals surface area contributed by atoms with Gasteiger partial charge in [0.25, 0.3) is 0 Å². The lowest BCUT2D eigenvalue weighted by molar-refractivity contribution is 0.0594. The van der Waals surface area contributed by atoms with E-state index in [1.54, 1.807) is 43.6 Å². The van der Waals surface area contributed by atoms with Crippen molar-refractivity contribution in [1.29, 1.82) is 0 Å². The minimum Gasteiger partial charge on any atom is -0.507 e. The SMILES string of the molecule is Cn1ccc(-c2ccc(-c3ccc(O[C@@H]4CCCC[C@@H]4F)nn3)c(O)c2)nc1=O. The fourth-order valence-corrected chi connectivity index (χ4v) is 3.40. The largest absolute Gasteiger partial charge is 0.507 e. The average Bonchev–Trinajstić information content (AvgIpc) is 2.72. The number of aromatic hydroxyl groups is 1. The average molecular weight is 396 g/mol. The van der Waals surface area contributed by atoms with Crippen molar-refractivity contribution in [2.75, 3.05) is 0 Å². The number of ether oxygens (including phenoxy) is 1. The molecule has 0 spiro atoms. The number of benzene rings is 1. The van der Waals surface area contributed by atoms with E-state index in [-0.39, 0.29) is 17.3 Å². The number of nitrogens with zero attached hydrogens (tertiary/aromatic N) is 4. The molecule has 0 amide bonds. The minimum atomic E-state index is -0.981. The molecule has 4 rings (SSSR count). The van der Waals surface area contributed by atoms with Crippen LogP contribution in [-0.2, 0) is 7.05 Å². The number of rotatable bonds is 4. The zero-order chi connectivity index (χ0) is 20.4. The van der Waals surface area contributed by atoms with E-state index in [1.807, 2.05) is 0 Å². The maximum absolute atomic E-state index is 13.9. The molecule has 1 fully saturated rings. The summed E-state index contributed by atoms with van der Waals surface area (Å²) in [6.45, 7) is 0. The van der Waals surface area contributed by atoms with Gasteiger partial charge in [0, 0.05) is 30.4 Å². The molecule has 0 bridgehead atoms. The molecule has 2 atom stereocenters. The first-order valence-corrected chi connectivity index (χ1v) is 9.53. The highest BCUT2D eigenvalue weighted by atomic mass is 19.1. The van der Waals surface area contributed by atoms with Crippen LogP contribution in [-0.4, -0.2) is 37.1 Å². The highest BCUT2D eigenvalue weighted by molar-refractivity contribution is 5.72. The van der Waals surface area contributed by atoms with Gasteiger partial charge >= 0.3 is 5.69 Å². The van der Waals surface area contributed by atoms with Crippen LogP contribution in [0, 0.1) is 0 Å². The van der Waals surface area contributed by atoms with E-state index in [0.29, 0.717) is 35.4 Å². The van der Waals surface area contributed by atoms with Crippen molar-refractivity contribution in [3.8, 4) is 34.1 Å². The Kier molecular flexibility index (Phi) is 5.24. The molecule has 0 aliphatic heterocycles. The Morgan fingerprint density at radius 1 is 1.10 bits per heavy atom. The molecule has 7 nitrogen and oxygen atoms in total. The molecule has 1 N–H and O–H groups in total. The van der Waals surface area contributed by atoms with Gasteiger partial charge in [0.1, 0.15) is 18.0 Å². The predicted octanol–water partition coefficient (Wildman–Crippen LogP) is 3.27. The van der Waals surface area contributed by atoms with Crippen LogP contribution < -0.4 is 10.4 Å². The number of hydrogen-bond acceptors (Lipinski definition) is 6. The van der Waals surface area contributed by atoms with Crippen LogP contribution >= 0.6 is 0 Å². The Labute approximate surface area is 166 Å². The number of halogens is 1. The van der Waals surface area contributed by atoms with Crippen molar-refractivity contribution in [1.82, 2.24) is 19.7 Å². The summed E-state index contributed by atoms with van der Waals surface area (Å²) in [5.74, 6) is 0.257. The van der Waals surface area contributed by atoms with Gasteiger partial charge in [-0.05, 0) is 43.5 Å². The maximum atomic E-state index is 13.9. The summed E-state index contributed by atoms with van der Waals surface area (Å²) in [5, 5.41) is 18.6. The van der Waals surface area contributed by atoms with Crippen LogP contribution in [0.3, 0.4) is 0 Å². The summed E-state index contributed by atoms with van der Waals surface area (Å²) >= 11 is 0. The molecule has 150 valence electrons. The second-order valence-corrected chi connectivity index (χ2v) is 7.15. The first kappa shape index (κ1) is 19.0. The number of phenolic OH excluding ortho intramolecular Hbond substituents is 1. The number of alkyl halides is 1. The molecule has 1 saturated carbocycles. The van der Waals surface area contributed by atoms with Gasteiger partial charge in [0.15, 0.2) is 0 Å². The molecule has 0 radical (unpaired) electrons. The van der Waals surface area contributed by atoms with Gasteiger partial charge in [-0.1, -0.05) is 12.5 Å². The van der Waals surface area contributed by atoms with Crippen molar-refractivity contribution in [2.24, 2.45) is 7.05 Å². The van der Waals surface area contributed by atoms with Gasteiger partial charge in [-0.3, -0.25) is 0 Å². The Morgan fingerprint density at radius 3 is 2.62 bits per heavy atom. The molecule has 3 aromatic rings. The van der Waals surface area contributed by atoms with E-state index in [4.69, 9.17) is 4.74 Å². The summed E-state index contributed by atoms with van der Waals surface area (Å²) in [5.41, 5.74) is 1.65. The molecule has 0 saturated heterocycles. The topological polar surface area (TPSA) is 90.1 Å². The third-order valence-electron chi connectivity index (χ3n) is 5.08. The number of hydrogen-bond donors (Lipinski definition) is 1. The standard InChI is InChI=1S/C21H21FN4O3/c1-26-11-10-16(23-21(26)28)13-6-7-14(18(27)12-13)17-8-9-20(25-24-17)29-19-5-3-2-4-15(19)22/h6-12,15,19,27H,2-5H2,1H3/t15-,19+/m0/s1. The number of phenols is 1. The van der Waals surface area contributed by atoms with Gasteiger partial charge in [0.05, 0.1) is 11.4 Å². The molecule has 29 heavy (non-hydrogen) atoms. The molecule has 1 aliphatic carbocycles. The first-order valence-electron chi connectivity index (χ1n) is 9.53. The van der Waals surface area contributed by atoms with E-state index in [2.05, 4.69) is 15.2 Å². The van der Waals surface area contributed by atoms with Crippen LogP contribution in [0.5, 0.6) is 11.6 Å². The van der Waals surface area contributed by atoms with Gasteiger partial charge in [-0.2, -0.15) is 4.98 Å². The van der Waals surface area contributed by atoms with Crippen LogP contribution in [0.25, 0.3) is 22.5 Å². The number of aryl methyl sites for hydroxylation is 1. The van der Waals surface area contributed by atoms with E-state index in [1.165, 1.54) is 10.6 Å². The third-order valence-corrected chi connectivity index (χ3v) is 5.08. The summed E-state index contributed by atoms with van der Waals surface area (Å²) < 4.78 is 20.9.